The van der Waals surface area contributed by atoms with Crippen LogP contribution in [0.3, 0.4) is 0 Å². The van der Waals surface area contributed by atoms with Gasteiger partial charge in [0, 0.05) is 13.1 Å². The van der Waals surface area contributed by atoms with Crippen molar-refractivity contribution >= 4 is 5.91 Å². The molecule has 2 atom stereocenters. The van der Waals surface area contributed by atoms with Gasteiger partial charge >= 0.3 is 0 Å². The summed E-state index contributed by atoms with van der Waals surface area (Å²) in [5.74, 6) is 0.898. The number of hydrogen-bond donors (Lipinski definition) is 2. The van der Waals surface area contributed by atoms with Crippen LogP contribution < -0.4 is 5.32 Å². The summed E-state index contributed by atoms with van der Waals surface area (Å²) in [5, 5.41) is 17.4. The third kappa shape index (κ3) is 5.07. The molecule has 0 radical (unpaired) electrons. The molecule has 1 fully saturated rings. The first-order valence-electron chi connectivity index (χ1n) is 9.53. The predicted molar refractivity (Wildman–Crippen MR) is 96.0 cm³/mol. The van der Waals surface area contributed by atoms with Gasteiger partial charge in [0.2, 0.25) is 0 Å². The molecule has 1 amide bonds. The summed E-state index contributed by atoms with van der Waals surface area (Å²) in [6, 6.07) is 0. The number of aliphatic hydroxyl groups excluding tert-OH is 1. The lowest BCUT2D eigenvalue weighted by Crippen LogP contribution is -2.28. The summed E-state index contributed by atoms with van der Waals surface area (Å²) in [6.45, 7) is 7.88. The molecule has 1 heterocycles. The van der Waals surface area contributed by atoms with Gasteiger partial charge in [-0.15, -0.1) is 0 Å². The molecule has 5 nitrogen and oxygen atoms in total. The fourth-order valence-electron chi connectivity index (χ4n) is 3.66. The van der Waals surface area contributed by atoms with Crippen molar-refractivity contribution in [3.63, 3.8) is 0 Å². The van der Waals surface area contributed by atoms with Gasteiger partial charge in [0.25, 0.3) is 5.91 Å². The van der Waals surface area contributed by atoms with E-state index in [1.165, 1.54) is 6.42 Å². The van der Waals surface area contributed by atoms with Crippen molar-refractivity contribution < 1.29 is 9.90 Å². The average molecular weight is 335 g/mol. The van der Waals surface area contributed by atoms with Crippen LogP contribution in [-0.2, 0) is 13.0 Å². The Morgan fingerprint density at radius 2 is 2.17 bits per heavy atom. The van der Waals surface area contributed by atoms with Crippen molar-refractivity contribution in [1.29, 1.82) is 0 Å². The molecule has 5 heteroatoms. The first kappa shape index (κ1) is 19.0. The van der Waals surface area contributed by atoms with Gasteiger partial charge in [-0.05, 0) is 43.9 Å². The number of carbonyl (C=O) groups excluding carboxylic acids is 1. The van der Waals surface area contributed by atoms with Crippen LogP contribution in [0.25, 0.3) is 0 Å². The Labute approximate surface area is 145 Å². The average Bonchev–Trinajstić information content (AvgIpc) is 2.94. The molecule has 0 saturated heterocycles. The molecule has 0 aromatic carbocycles. The number of aliphatic hydroxyl groups is 1. The molecule has 0 aliphatic heterocycles. The van der Waals surface area contributed by atoms with Gasteiger partial charge in [0.1, 0.15) is 0 Å². The van der Waals surface area contributed by atoms with Crippen molar-refractivity contribution in [3.8, 4) is 0 Å². The van der Waals surface area contributed by atoms with Crippen molar-refractivity contribution in [1.82, 2.24) is 15.1 Å². The van der Waals surface area contributed by atoms with Gasteiger partial charge in [-0.25, -0.2) is 0 Å². The highest BCUT2D eigenvalue weighted by Crippen LogP contribution is 2.27. The molecule has 2 N–H and O–H groups in total. The summed E-state index contributed by atoms with van der Waals surface area (Å²) >= 11 is 0. The van der Waals surface area contributed by atoms with E-state index < -0.39 is 0 Å². The van der Waals surface area contributed by atoms with E-state index in [4.69, 9.17) is 0 Å². The first-order chi connectivity index (χ1) is 11.5. The van der Waals surface area contributed by atoms with E-state index in [0.717, 1.165) is 50.8 Å². The van der Waals surface area contributed by atoms with Gasteiger partial charge in [0.15, 0.2) is 0 Å². The summed E-state index contributed by atoms with van der Waals surface area (Å²) < 4.78 is 1.96. The zero-order valence-corrected chi connectivity index (χ0v) is 15.4. The topological polar surface area (TPSA) is 67.2 Å². The van der Waals surface area contributed by atoms with Gasteiger partial charge in [-0.3, -0.25) is 9.48 Å². The van der Waals surface area contributed by atoms with Crippen LogP contribution in [0.15, 0.2) is 6.20 Å². The van der Waals surface area contributed by atoms with E-state index in [0.29, 0.717) is 23.9 Å². The van der Waals surface area contributed by atoms with Crippen LogP contribution in [0.4, 0.5) is 0 Å². The molecule has 0 spiro atoms. The molecule has 136 valence electrons. The molecule has 1 aromatic heterocycles. The van der Waals surface area contributed by atoms with Crippen molar-refractivity contribution in [3.05, 3.63) is 17.5 Å². The van der Waals surface area contributed by atoms with E-state index in [9.17, 15) is 9.90 Å². The Kier molecular flexibility index (Phi) is 7.28. The summed E-state index contributed by atoms with van der Waals surface area (Å²) in [6.07, 6.45) is 8.71. The summed E-state index contributed by atoms with van der Waals surface area (Å²) in [7, 11) is 0. The van der Waals surface area contributed by atoms with Crippen molar-refractivity contribution in [2.45, 2.75) is 78.4 Å². The lowest BCUT2D eigenvalue weighted by Gasteiger charge is -2.27. The van der Waals surface area contributed by atoms with Crippen LogP contribution in [0.5, 0.6) is 0 Å². The highest BCUT2D eigenvalue weighted by Gasteiger charge is 2.22. The Hall–Kier alpha value is -1.36. The maximum atomic E-state index is 12.4. The Bertz CT molecular complexity index is 525. The second-order valence-corrected chi connectivity index (χ2v) is 7.44. The number of nitrogens with one attached hydrogen (secondary N) is 1. The van der Waals surface area contributed by atoms with Crippen molar-refractivity contribution in [2.75, 3.05) is 6.54 Å². The van der Waals surface area contributed by atoms with E-state index in [1.807, 2.05) is 4.68 Å². The molecule has 2 rings (SSSR count). The normalized spacial score (nSPS) is 21.2. The number of hydrogen-bond acceptors (Lipinski definition) is 3. The molecule has 1 aliphatic rings. The highest BCUT2D eigenvalue weighted by molar-refractivity contribution is 5.95. The SMILES string of the molecule is CCc1c(C(=O)NCCCC2CCCCC2O)cnn1CC(C)C. The van der Waals surface area contributed by atoms with Gasteiger partial charge in [0.05, 0.1) is 23.6 Å². The maximum absolute atomic E-state index is 12.4. The monoisotopic (exact) mass is 335 g/mol. The number of nitrogens with zero attached hydrogens (tertiary/aromatic N) is 2. The van der Waals surface area contributed by atoms with Gasteiger partial charge in [-0.1, -0.05) is 33.6 Å². The van der Waals surface area contributed by atoms with Crippen LogP contribution >= 0.6 is 0 Å². The summed E-state index contributed by atoms with van der Waals surface area (Å²) in [4.78, 5) is 12.4. The number of rotatable bonds is 8. The van der Waals surface area contributed by atoms with Crippen molar-refractivity contribution in [2.24, 2.45) is 11.8 Å². The zero-order chi connectivity index (χ0) is 17.5. The fourth-order valence-corrected chi connectivity index (χ4v) is 3.66. The fraction of sp³-hybridized carbons (Fsp3) is 0.789. The van der Waals surface area contributed by atoms with Gasteiger partial charge < -0.3 is 10.4 Å². The van der Waals surface area contributed by atoms with Crippen LogP contribution in [0.1, 0.15) is 75.3 Å². The third-order valence-corrected chi connectivity index (χ3v) is 4.97. The van der Waals surface area contributed by atoms with Crippen LogP contribution in [-0.4, -0.2) is 33.4 Å². The number of aromatic nitrogens is 2. The van der Waals surface area contributed by atoms with E-state index in [-0.39, 0.29) is 12.0 Å². The molecule has 1 aliphatic carbocycles. The highest BCUT2D eigenvalue weighted by atomic mass is 16.3. The molecule has 2 unspecified atom stereocenters. The Balaban J connectivity index is 1.81. The molecule has 1 saturated carbocycles. The van der Waals surface area contributed by atoms with E-state index in [2.05, 4.69) is 31.2 Å². The lowest BCUT2D eigenvalue weighted by molar-refractivity contribution is 0.0641. The second-order valence-electron chi connectivity index (χ2n) is 7.44. The third-order valence-electron chi connectivity index (χ3n) is 4.97. The predicted octanol–water partition coefficient (Wildman–Crippen LogP) is 3.16. The number of carbonyl (C=O) groups is 1. The number of amides is 1. The molecule has 1 aromatic rings. The maximum Gasteiger partial charge on any atom is 0.254 e. The smallest absolute Gasteiger partial charge is 0.254 e. The standard InChI is InChI=1S/C19H33N3O2/c1-4-17-16(12-21-22(17)13-14(2)3)19(24)20-11-7-9-15-8-5-6-10-18(15)23/h12,14-15,18,23H,4-11,13H2,1-3H3,(H,20,24). The first-order valence-corrected chi connectivity index (χ1v) is 9.53. The van der Waals surface area contributed by atoms with E-state index >= 15 is 0 Å². The molecule has 0 bridgehead atoms. The molecular formula is C19H33N3O2. The van der Waals surface area contributed by atoms with E-state index in [1.54, 1.807) is 6.20 Å². The minimum Gasteiger partial charge on any atom is -0.393 e. The lowest BCUT2D eigenvalue weighted by atomic mass is 9.83. The van der Waals surface area contributed by atoms with Crippen LogP contribution in [0, 0.1) is 11.8 Å². The molecule has 24 heavy (non-hydrogen) atoms. The molecular weight excluding hydrogens is 302 g/mol. The Morgan fingerprint density at radius 3 is 2.83 bits per heavy atom. The van der Waals surface area contributed by atoms with Gasteiger partial charge in [-0.2, -0.15) is 5.10 Å². The largest absolute Gasteiger partial charge is 0.393 e. The zero-order valence-electron chi connectivity index (χ0n) is 15.4. The Morgan fingerprint density at radius 1 is 1.42 bits per heavy atom. The summed E-state index contributed by atoms with van der Waals surface area (Å²) in [5.41, 5.74) is 1.72. The minimum absolute atomic E-state index is 0.0222. The quantitative estimate of drug-likeness (QED) is 0.717. The van der Waals surface area contributed by atoms with Crippen LogP contribution in [0.2, 0.25) is 0 Å². The second kappa shape index (κ2) is 9.21. The minimum atomic E-state index is -0.143.